The van der Waals surface area contributed by atoms with Gasteiger partial charge < -0.3 is 35.6 Å². The number of hydrogen-bond donors (Lipinski definition) is 6. The molecule has 4 rings (SSSR count). The average molecular weight is 469 g/mol. The number of aliphatic hydroxyl groups excluding tert-OH is 4. The lowest BCUT2D eigenvalue weighted by Crippen LogP contribution is -2.36. The van der Waals surface area contributed by atoms with E-state index in [2.05, 4.69) is 9.97 Å². The normalized spacial score (nSPS) is 29.0. The molecule has 2 saturated heterocycles. The molecule has 182 valence electrons. The molecule has 7 N–H and O–H groups in total. The van der Waals surface area contributed by atoms with Crippen LogP contribution < -0.4 is 22.7 Å². The number of nitrogens with zero attached hydrogens (tertiary/aromatic N) is 3. The van der Waals surface area contributed by atoms with Crippen molar-refractivity contribution in [3.63, 3.8) is 0 Å². The Morgan fingerprint density at radius 2 is 1.85 bits per heavy atom. The molecular weight excluding hydrogens is 442 g/mol. The van der Waals surface area contributed by atoms with Crippen LogP contribution >= 0.6 is 0 Å². The van der Waals surface area contributed by atoms with Gasteiger partial charge in [0.15, 0.2) is 6.23 Å². The maximum atomic E-state index is 11.5. The SMILES string of the molecule is Cc1cn([C@H]2CC[C@@H](CO)O2)c(=O)[nH]c1=O.Nc1ccn([C@@H]2O[C@H](CO)[C@@H](O)[C@H]2O)c(=O)n1. The minimum Gasteiger partial charge on any atom is -0.394 e. The first-order valence-corrected chi connectivity index (χ1v) is 10.2. The molecule has 0 aromatic carbocycles. The van der Waals surface area contributed by atoms with Crippen molar-refractivity contribution in [1.82, 2.24) is 19.1 Å². The van der Waals surface area contributed by atoms with Crippen LogP contribution in [0, 0.1) is 6.92 Å². The summed E-state index contributed by atoms with van der Waals surface area (Å²) in [4.78, 5) is 39.9. The molecule has 0 amide bonds. The molecule has 2 fully saturated rings. The number of rotatable bonds is 4. The number of aliphatic hydroxyl groups is 4. The Kier molecular flexibility index (Phi) is 7.78. The monoisotopic (exact) mass is 469 g/mol. The zero-order chi connectivity index (χ0) is 24.3. The van der Waals surface area contributed by atoms with Crippen LogP contribution in [-0.2, 0) is 9.47 Å². The maximum Gasteiger partial charge on any atom is 0.351 e. The first-order chi connectivity index (χ1) is 15.7. The summed E-state index contributed by atoms with van der Waals surface area (Å²) in [5.74, 6) is 0.0537. The van der Waals surface area contributed by atoms with Crippen molar-refractivity contribution in [3.05, 3.63) is 55.3 Å². The number of aryl methyl sites for hydroxylation is 1. The summed E-state index contributed by atoms with van der Waals surface area (Å²) >= 11 is 0. The van der Waals surface area contributed by atoms with Crippen LogP contribution in [0.15, 0.2) is 32.8 Å². The minimum absolute atomic E-state index is 0.0480. The van der Waals surface area contributed by atoms with E-state index in [1.165, 1.54) is 23.0 Å². The molecule has 2 aliphatic rings. The summed E-state index contributed by atoms with van der Waals surface area (Å²) in [6.07, 6.45) is -1.00. The minimum atomic E-state index is -1.31. The van der Waals surface area contributed by atoms with Crippen LogP contribution in [0.5, 0.6) is 0 Å². The number of nitrogen functional groups attached to an aromatic ring is 1. The van der Waals surface area contributed by atoms with E-state index in [-0.39, 0.29) is 30.3 Å². The van der Waals surface area contributed by atoms with Crippen molar-refractivity contribution in [2.45, 2.75) is 56.6 Å². The highest BCUT2D eigenvalue weighted by Crippen LogP contribution is 2.28. The predicted octanol–water partition coefficient (Wildman–Crippen LogP) is -3.05. The molecule has 0 radical (unpaired) electrons. The van der Waals surface area contributed by atoms with Crippen LogP contribution in [0.3, 0.4) is 0 Å². The number of ether oxygens (including phenoxy) is 2. The van der Waals surface area contributed by atoms with E-state index in [9.17, 15) is 24.6 Å². The van der Waals surface area contributed by atoms with Gasteiger partial charge in [0.2, 0.25) is 0 Å². The van der Waals surface area contributed by atoms with Gasteiger partial charge in [-0.15, -0.1) is 0 Å². The van der Waals surface area contributed by atoms with Gasteiger partial charge in [0.1, 0.15) is 30.4 Å². The molecule has 0 aliphatic carbocycles. The Morgan fingerprint density at radius 1 is 1.12 bits per heavy atom. The van der Waals surface area contributed by atoms with Crippen LogP contribution in [0.4, 0.5) is 5.82 Å². The number of aromatic nitrogens is 4. The van der Waals surface area contributed by atoms with Gasteiger partial charge in [0.05, 0.1) is 19.3 Å². The van der Waals surface area contributed by atoms with Gasteiger partial charge >= 0.3 is 11.4 Å². The lowest BCUT2D eigenvalue weighted by molar-refractivity contribution is -0.0549. The molecule has 0 unspecified atom stereocenters. The number of nitrogens with one attached hydrogen (secondary N) is 1. The van der Waals surface area contributed by atoms with Crippen molar-refractivity contribution in [3.8, 4) is 0 Å². The Hall–Kier alpha value is -2.88. The second-order valence-electron chi connectivity index (χ2n) is 7.72. The number of H-pyrrole nitrogens is 1. The van der Waals surface area contributed by atoms with E-state index in [4.69, 9.17) is 25.4 Å². The van der Waals surface area contributed by atoms with Crippen molar-refractivity contribution in [2.24, 2.45) is 0 Å². The number of aromatic amines is 1. The van der Waals surface area contributed by atoms with Gasteiger partial charge in [0.25, 0.3) is 5.56 Å². The van der Waals surface area contributed by atoms with Crippen LogP contribution in [0.1, 0.15) is 30.9 Å². The van der Waals surface area contributed by atoms with Crippen LogP contribution in [-0.4, -0.2) is 77.2 Å². The second kappa shape index (κ2) is 10.4. The number of hydrogen-bond acceptors (Lipinski definition) is 11. The van der Waals surface area contributed by atoms with Crippen molar-refractivity contribution >= 4 is 5.82 Å². The molecule has 33 heavy (non-hydrogen) atoms. The molecule has 0 spiro atoms. The molecule has 2 aromatic heterocycles. The average Bonchev–Trinajstić information content (AvgIpc) is 3.36. The summed E-state index contributed by atoms with van der Waals surface area (Å²) in [5.41, 5.74) is 4.25. The van der Waals surface area contributed by atoms with E-state index in [0.29, 0.717) is 18.4 Å². The Morgan fingerprint density at radius 3 is 2.42 bits per heavy atom. The van der Waals surface area contributed by atoms with Gasteiger partial charge in [-0.25, -0.2) is 9.59 Å². The zero-order valence-electron chi connectivity index (χ0n) is 17.8. The van der Waals surface area contributed by atoms with Gasteiger partial charge in [-0.05, 0) is 25.8 Å². The van der Waals surface area contributed by atoms with E-state index in [0.717, 1.165) is 4.57 Å². The molecule has 4 heterocycles. The van der Waals surface area contributed by atoms with E-state index >= 15 is 0 Å². The highest BCUT2D eigenvalue weighted by molar-refractivity contribution is 5.23. The van der Waals surface area contributed by atoms with Crippen molar-refractivity contribution < 1.29 is 29.9 Å². The summed E-state index contributed by atoms with van der Waals surface area (Å²) < 4.78 is 13.0. The van der Waals surface area contributed by atoms with Gasteiger partial charge in [0, 0.05) is 18.0 Å². The highest BCUT2D eigenvalue weighted by Gasteiger charge is 2.43. The fourth-order valence-electron chi connectivity index (χ4n) is 3.56. The Balaban J connectivity index is 0.000000186. The third kappa shape index (κ3) is 5.38. The van der Waals surface area contributed by atoms with Crippen LogP contribution in [0.2, 0.25) is 0 Å². The molecule has 0 bridgehead atoms. The highest BCUT2D eigenvalue weighted by atomic mass is 16.6. The Bertz CT molecular complexity index is 1130. The molecule has 2 aromatic rings. The van der Waals surface area contributed by atoms with Crippen LogP contribution in [0.25, 0.3) is 0 Å². The largest absolute Gasteiger partial charge is 0.394 e. The van der Waals surface area contributed by atoms with Gasteiger partial charge in [-0.1, -0.05) is 0 Å². The van der Waals surface area contributed by atoms with Crippen molar-refractivity contribution in [2.75, 3.05) is 18.9 Å². The topological polar surface area (TPSA) is 215 Å². The Labute approximate surface area is 186 Å². The lowest BCUT2D eigenvalue weighted by atomic mass is 10.1. The second-order valence-corrected chi connectivity index (χ2v) is 7.72. The zero-order valence-corrected chi connectivity index (χ0v) is 17.8. The van der Waals surface area contributed by atoms with Crippen molar-refractivity contribution in [1.29, 1.82) is 0 Å². The lowest BCUT2D eigenvalue weighted by Gasteiger charge is -2.16. The van der Waals surface area contributed by atoms with E-state index < -0.39 is 42.5 Å². The number of nitrogens with two attached hydrogens (primary N) is 1. The third-order valence-electron chi connectivity index (χ3n) is 5.39. The van der Waals surface area contributed by atoms with Gasteiger partial charge in [-0.3, -0.25) is 18.9 Å². The number of anilines is 1. The summed E-state index contributed by atoms with van der Waals surface area (Å²) in [6, 6.07) is 1.37. The van der Waals surface area contributed by atoms with E-state index in [1.807, 2.05) is 0 Å². The molecule has 2 aliphatic heterocycles. The standard InChI is InChI=1S/C10H14N2O4.C9H13N3O5/c1-6-4-12(10(15)11-9(6)14)8-3-2-7(5-13)16-8;10-5-1-2-12(9(16)11-5)8-7(15)6(14)4(3-13)17-8/h4,7-8,13H,2-3,5H2,1H3,(H,11,14,15);1-2,4,6-8,13-15H,3H2,(H2,10,11,16)/t7-,8+;4-,6-,7-,8-/m01/s1. The van der Waals surface area contributed by atoms with Gasteiger partial charge in [-0.2, -0.15) is 4.98 Å². The quantitative estimate of drug-likeness (QED) is 0.264. The molecule has 14 nitrogen and oxygen atoms in total. The first kappa shape index (κ1) is 24.8. The molecule has 6 atom stereocenters. The summed E-state index contributed by atoms with van der Waals surface area (Å²) in [6.45, 7) is 1.13. The summed E-state index contributed by atoms with van der Waals surface area (Å²) in [7, 11) is 0. The molecule has 14 heteroatoms. The smallest absolute Gasteiger partial charge is 0.351 e. The molecule has 0 saturated carbocycles. The maximum absolute atomic E-state index is 11.5. The fourth-order valence-corrected chi connectivity index (χ4v) is 3.56. The predicted molar refractivity (Wildman–Crippen MR) is 112 cm³/mol. The fraction of sp³-hybridized carbons (Fsp3) is 0.579. The molecular formula is C19H27N5O9. The third-order valence-corrected chi connectivity index (χ3v) is 5.39. The first-order valence-electron chi connectivity index (χ1n) is 10.2. The summed E-state index contributed by atoms with van der Waals surface area (Å²) in [5, 5.41) is 37.1. The van der Waals surface area contributed by atoms with E-state index in [1.54, 1.807) is 6.92 Å².